The molecule has 1 atom stereocenters. The number of hydrogen-bond acceptors (Lipinski definition) is 3. The van der Waals surface area contributed by atoms with Gasteiger partial charge in [-0.25, -0.2) is 0 Å². The summed E-state index contributed by atoms with van der Waals surface area (Å²) in [6.07, 6.45) is 2.68. The van der Waals surface area contributed by atoms with Gasteiger partial charge < -0.3 is 14.5 Å². The van der Waals surface area contributed by atoms with E-state index in [1.807, 2.05) is 18.2 Å². The van der Waals surface area contributed by atoms with Gasteiger partial charge in [-0.15, -0.1) is 0 Å². The molecule has 1 unspecified atom stereocenters. The molecule has 3 heteroatoms. The van der Waals surface area contributed by atoms with Crippen molar-refractivity contribution >= 4 is 5.69 Å². The van der Waals surface area contributed by atoms with Gasteiger partial charge in [-0.2, -0.15) is 0 Å². The van der Waals surface area contributed by atoms with Gasteiger partial charge in [-0.05, 0) is 36.2 Å². The molecule has 0 aliphatic heterocycles. The lowest BCUT2D eigenvalue weighted by molar-refractivity contribution is 0.185. The van der Waals surface area contributed by atoms with Gasteiger partial charge in [-0.3, -0.25) is 0 Å². The van der Waals surface area contributed by atoms with Crippen LogP contribution >= 0.6 is 0 Å². The van der Waals surface area contributed by atoms with Crippen LogP contribution in [0.15, 0.2) is 47.1 Å². The quantitative estimate of drug-likeness (QED) is 0.835. The van der Waals surface area contributed by atoms with E-state index in [2.05, 4.69) is 30.4 Å². The van der Waals surface area contributed by atoms with E-state index in [1.54, 1.807) is 13.4 Å². The first kappa shape index (κ1) is 12.7. The van der Waals surface area contributed by atoms with Crippen molar-refractivity contribution in [3.63, 3.8) is 0 Å². The number of rotatable bonds is 6. The van der Waals surface area contributed by atoms with Crippen LogP contribution in [0.2, 0.25) is 0 Å². The SMILES string of the molecule is CCC(Nc1cccc(COC)c1)c1ccco1. The van der Waals surface area contributed by atoms with Crippen LogP contribution < -0.4 is 5.32 Å². The van der Waals surface area contributed by atoms with Gasteiger partial charge in [0.05, 0.1) is 18.9 Å². The lowest BCUT2D eigenvalue weighted by Gasteiger charge is -2.16. The van der Waals surface area contributed by atoms with E-state index in [1.165, 1.54) is 0 Å². The van der Waals surface area contributed by atoms with Crippen LogP contribution in [0.1, 0.15) is 30.7 Å². The molecule has 2 aromatic rings. The fourth-order valence-corrected chi connectivity index (χ4v) is 1.98. The zero-order chi connectivity index (χ0) is 12.8. The highest BCUT2D eigenvalue weighted by Gasteiger charge is 2.11. The molecule has 18 heavy (non-hydrogen) atoms. The Morgan fingerprint density at radius 2 is 2.17 bits per heavy atom. The molecule has 2 rings (SSSR count). The van der Waals surface area contributed by atoms with E-state index < -0.39 is 0 Å². The summed E-state index contributed by atoms with van der Waals surface area (Å²) in [7, 11) is 1.71. The van der Waals surface area contributed by atoms with Gasteiger partial charge >= 0.3 is 0 Å². The number of benzene rings is 1. The Bertz CT molecular complexity index is 465. The molecule has 0 saturated carbocycles. The molecule has 0 spiro atoms. The second kappa shape index (κ2) is 6.26. The van der Waals surface area contributed by atoms with Crippen molar-refractivity contribution in [3.05, 3.63) is 54.0 Å². The Kier molecular flexibility index (Phi) is 4.42. The molecule has 0 aliphatic carbocycles. The fraction of sp³-hybridized carbons (Fsp3) is 0.333. The van der Waals surface area contributed by atoms with Crippen molar-refractivity contribution in [2.75, 3.05) is 12.4 Å². The Balaban J connectivity index is 2.09. The van der Waals surface area contributed by atoms with Crippen LogP contribution in [0.25, 0.3) is 0 Å². The highest BCUT2D eigenvalue weighted by atomic mass is 16.5. The van der Waals surface area contributed by atoms with E-state index in [9.17, 15) is 0 Å². The van der Waals surface area contributed by atoms with Crippen LogP contribution in [0.5, 0.6) is 0 Å². The summed E-state index contributed by atoms with van der Waals surface area (Å²) in [5, 5.41) is 3.48. The molecular formula is C15H19NO2. The molecule has 1 aromatic heterocycles. The van der Waals surface area contributed by atoms with Crippen LogP contribution in [-0.2, 0) is 11.3 Å². The predicted octanol–water partition coefficient (Wildman–Crippen LogP) is 3.99. The summed E-state index contributed by atoms with van der Waals surface area (Å²) in [6.45, 7) is 2.77. The molecular weight excluding hydrogens is 226 g/mol. The molecule has 1 aromatic carbocycles. The average Bonchev–Trinajstić information content (AvgIpc) is 2.90. The first-order chi connectivity index (χ1) is 8.83. The first-order valence-electron chi connectivity index (χ1n) is 6.21. The van der Waals surface area contributed by atoms with Gasteiger partial charge in [0.15, 0.2) is 0 Å². The minimum absolute atomic E-state index is 0.206. The third-order valence-corrected chi connectivity index (χ3v) is 2.87. The summed E-state index contributed by atoms with van der Waals surface area (Å²) in [5.74, 6) is 0.967. The molecule has 0 radical (unpaired) electrons. The maximum absolute atomic E-state index is 5.45. The molecule has 96 valence electrons. The molecule has 1 heterocycles. The molecule has 0 bridgehead atoms. The normalized spacial score (nSPS) is 12.3. The lowest BCUT2D eigenvalue weighted by Crippen LogP contribution is -2.08. The van der Waals surface area contributed by atoms with Crippen LogP contribution in [0.3, 0.4) is 0 Å². The first-order valence-corrected chi connectivity index (χ1v) is 6.21. The van der Waals surface area contributed by atoms with Crippen LogP contribution in [-0.4, -0.2) is 7.11 Å². The third-order valence-electron chi connectivity index (χ3n) is 2.87. The van der Waals surface area contributed by atoms with E-state index in [4.69, 9.17) is 9.15 Å². The summed E-state index contributed by atoms with van der Waals surface area (Å²) in [5.41, 5.74) is 2.25. The number of hydrogen-bond donors (Lipinski definition) is 1. The lowest BCUT2D eigenvalue weighted by atomic mass is 10.1. The van der Waals surface area contributed by atoms with Crippen molar-refractivity contribution in [1.29, 1.82) is 0 Å². The maximum Gasteiger partial charge on any atom is 0.125 e. The molecule has 0 aliphatic rings. The number of nitrogens with one attached hydrogen (secondary N) is 1. The highest BCUT2D eigenvalue weighted by molar-refractivity contribution is 5.47. The summed E-state index contributed by atoms with van der Waals surface area (Å²) >= 11 is 0. The molecule has 0 amide bonds. The summed E-state index contributed by atoms with van der Waals surface area (Å²) < 4.78 is 10.6. The Hall–Kier alpha value is -1.74. The number of methoxy groups -OCH3 is 1. The fourth-order valence-electron chi connectivity index (χ4n) is 1.98. The van der Waals surface area contributed by atoms with E-state index >= 15 is 0 Å². The Morgan fingerprint density at radius 3 is 2.83 bits per heavy atom. The highest BCUT2D eigenvalue weighted by Crippen LogP contribution is 2.23. The largest absolute Gasteiger partial charge is 0.467 e. The van der Waals surface area contributed by atoms with Gasteiger partial charge in [0, 0.05) is 12.8 Å². The van der Waals surface area contributed by atoms with Gasteiger partial charge in [0.1, 0.15) is 5.76 Å². The van der Waals surface area contributed by atoms with E-state index in [0.29, 0.717) is 6.61 Å². The Morgan fingerprint density at radius 1 is 1.28 bits per heavy atom. The Labute approximate surface area is 108 Å². The number of anilines is 1. The molecule has 0 saturated heterocycles. The average molecular weight is 245 g/mol. The smallest absolute Gasteiger partial charge is 0.125 e. The predicted molar refractivity (Wildman–Crippen MR) is 72.5 cm³/mol. The second-order valence-electron chi connectivity index (χ2n) is 4.25. The molecule has 1 N–H and O–H groups in total. The van der Waals surface area contributed by atoms with Crippen molar-refractivity contribution in [1.82, 2.24) is 0 Å². The van der Waals surface area contributed by atoms with Crippen molar-refractivity contribution < 1.29 is 9.15 Å². The van der Waals surface area contributed by atoms with Gasteiger partial charge in [0.2, 0.25) is 0 Å². The monoisotopic (exact) mass is 245 g/mol. The molecule has 3 nitrogen and oxygen atoms in total. The van der Waals surface area contributed by atoms with E-state index in [-0.39, 0.29) is 6.04 Å². The van der Waals surface area contributed by atoms with Gasteiger partial charge in [-0.1, -0.05) is 19.1 Å². The minimum Gasteiger partial charge on any atom is -0.467 e. The van der Waals surface area contributed by atoms with Crippen LogP contribution in [0, 0.1) is 0 Å². The zero-order valence-corrected chi connectivity index (χ0v) is 10.8. The maximum atomic E-state index is 5.45. The number of furan rings is 1. The van der Waals surface area contributed by atoms with Crippen molar-refractivity contribution in [2.24, 2.45) is 0 Å². The summed E-state index contributed by atoms with van der Waals surface area (Å²) in [6, 6.07) is 12.4. The number of ether oxygens (including phenoxy) is 1. The van der Waals surface area contributed by atoms with Crippen LogP contribution in [0.4, 0.5) is 5.69 Å². The van der Waals surface area contributed by atoms with Crippen molar-refractivity contribution in [2.45, 2.75) is 26.0 Å². The third kappa shape index (κ3) is 3.14. The molecule has 0 fully saturated rings. The standard InChI is InChI=1S/C15H19NO2/c1-3-14(15-8-5-9-18-15)16-13-7-4-6-12(10-13)11-17-2/h4-10,14,16H,3,11H2,1-2H3. The minimum atomic E-state index is 0.206. The second-order valence-corrected chi connectivity index (χ2v) is 4.25. The van der Waals surface area contributed by atoms with E-state index in [0.717, 1.165) is 23.4 Å². The summed E-state index contributed by atoms with van der Waals surface area (Å²) in [4.78, 5) is 0. The zero-order valence-electron chi connectivity index (χ0n) is 10.8. The van der Waals surface area contributed by atoms with Crippen molar-refractivity contribution in [3.8, 4) is 0 Å². The van der Waals surface area contributed by atoms with Gasteiger partial charge in [0.25, 0.3) is 0 Å². The topological polar surface area (TPSA) is 34.4 Å².